The summed E-state index contributed by atoms with van der Waals surface area (Å²) < 4.78 is 50.0. The Hall–Kier alpha value is -4.46. The number of para-hydroxylation sites is 1. The Balaban J connectivity index is 1.47. The molecule has 3 N–H and O–H groups in total. The molecule has 1 heterocycles. The zero-order valence-corrected chi connectivity index (χ0v) is 26.2. The summed E-state index contributed by atoms with van der Waals surface area (Å²) in [6.07, 6.45) is 0.189. The van der Waals surface area contributed by atoms with Crippen LogP contribution in [0, 0.1) is 6.92 Å². The van der Waals surface area contributed by atoms with Crippen molar-refractivity contribution < 1.29 is 27.2 Å². The van der Waals surface area contributed by atoms with Gasteiger partial charge in [-0.2, -0.15) is 0 Å². The number of hydrogen-bond donors (Lipinski definition) is 3. The number of hydrogen-bond acceptors (Lipinski definition) is 4. The van der Waals surface area contributed by atoms with E-state index >= 15 is 0 Å². The van der Waals surface area contributed by atoms with Crippen LogP contribution in [-0.4, -0.2) is 18.2 Å². The molecule has 1 aromatic heterocycles. The number of nitrogens with one attached hydrogen (secondary N) is 1. The number of benzene rings is 5. The molecule has 0 fully saturated rings. The van der Waals surface area contributed by atoms with Crippen molar-refractivity contribution in [3.63, 3.8) is 0 Å². The number of fused-ring (bicyclic) bond motifs is 1. The molecule has 45 heavy (non-hydrogen) atoms. The van der Waals surface area contributed by atoms with E-state index in [1.807, 2.05) is 79.7 Å². The maximum atomic E-state index is 13.8. The molecule has 5 aromatic carbocycles. The van der Waals surface area contributed by atoms with Crippen molar-refractivity contribution in [1.82, 2.24) is 0 Å². The second kappa shape index (κ2) is 12.1. The van der Waals surface area contributed by atoms with E-state index in [1.54, 1.807) is 60.7 Å². The van der Waals surface area contributed by atoms with Crippen molar-refractivity contribution in [3.8, 4) is 11.3 Å². The lowest BCUT2D eigenvalue weighted by atomic mass is 9.85. The van der Waals surface area contributed by atoms with Gasteiger partial charge in [-0.05, 0) is 60.7 Å². The molecule has 0 aliphatic heterocycles. The predicted molar refractivity (Wildman–Crippen MR) is 178 cm³/mol. The number of anilines is 1. The van der Waals surface area contributed by atoms with Crippen LogP contribution in [0.1, 0.15) is 22.3 Å². The molecule has 0 saturated carbocycles. The summed E-state index contributed by atoms with van der Waals surface area (Å²) in [5.41, 5.74) is 4.28. The molecule has 7 nitrogen and oxygen atoms in total. The van der Waals surface area contributed by atoms with Crippen LogP contribution in [0.5, 0.6) is 0 Å². The summed E-state index contributed by atoms with van der Waals surface area (Å²) >= 11 is 0. The van der Waals surface area contributed by atoms with Gasteiger partial charge in [-0.25, -0.2) is 8.42 Å². The van der Waals surface area contributed by atoms with Gasteiger partial charge in [0.15, 0.2) is 5.76 Å². The van der Waals surface area contributed by atoms with Crippen molar-refractivity contribution >= 4 is 34.3 Å². The molecule has 9 heteroatoms. The minimum Gasteiger partial charge on any atom is -0.455 e. The van der Waals surface area contributed by atoms with Crippen LogP contribution >= 0.6 is 7.60 Å². The predicted octanol–water partition coefficient (Wildman–Crippen LogP) is 8.07. The van der Waals surface area contributed by atoms with Gasteiger partial charge in [0, 0.05) is 16.6 Å². The number of furan rings is 1. The maximum Gasteiger partial charge on any atom is 0.336 e. The van der Waals surface area contributed by atoms with Gasteiger partial charge >= 0.3 is 7.60 Å². The Kier molecular flexibility index (Phi) is 8.25. The second-order valence-corrected chi connectivity index (χ2v) is 14.8. The second-order valence-electron chi connectivity index (χ2n) is 11.2. The third-order valence-electron chi connectivity index (χ3n) is 8.04. The molecule has 0 saturated heterocycles. The lowest BCUT2D eigenvalue weighted by Crippen LogP contribution is -2.32. The van der Waals surface area contributed by atoms with E-state index in [1.165, 1.54) is 0 Å². The summed E-state index contributed by atoms with van der Waals surface area (Å²) in [7, 11) is -8.88. The third kappa shape index (κ3) is 6.23. The zero-order chi connectivity index (χ0) is 31.7. The van der Waals surface area contributed by atoms with Crippen molar-refractivity contribution in [2.24, 2.45) is 0 Å². The fourth-order valence-electron chi connectivity index (χ4n) is 5.75. The quantitative estimate of drug-likeness (QED) is 0.131. The summed E-state index contributed by atoms with van der Waals surface area (Å²) in [4.78, 5) is 22.0. The average Bonchev–Trinajstić information content (AvgIpc) is 3.43. The van der Waals surface area contributed by atoms with Gasteiger partial charge in [0.25, 0.3) is 10.0 Å². The molecule has 6 rings (SSSR count). The maximum absolute atomic E-state index is 13.8. The summed E-state index contributed by atoms with van der Waals surface area (Å²) in [5, 5.41) is -1.15. The first-order valence-electron chi connectivity index (χ1n) is 14.4. The van der Waals surface area contributed by atoms with Crippen LogP contribution in [0.15, 0.2) is 143 Å². The monoisotopic (exact) mass is 637 g/mol. The SMILES string of the molecule is Cc1ccc(NS(=O)(=O)c2c(-c3ccc(C(Cc4ccccc4)(Cc4ccccc4)P(=O)(O)O)cc3)oc3ccccc23)cc1. The molecule has 0 bridgehead atoms. The van der Waals surface area contributed by atoms with E-state index in [0.717, 1.165) is 16.7 Å². The molecule has 228 valence electrons. The van der Waals surface area contributed by atoms with Crippen molar-refractivity contribution in [3.05, 3.63) is 156 Å². The molecular formula is C36H32NO6PS. The van der Waals surface area contributed by atoms with Gasteiger partial charge in [-0.3, -0.25) is 9.29 Å². The van der Waals surface area contributed by atoms with Gasteiger partial charge in [-0.1, -0.05) is 115 Å². The van der Waals surface area contributed by atoms with Gasteiger partial charge in [0.1, 0.15) is 15.6 Å². The molecule has 6 aromatic rings. The molecule has 0 atom stereocenters. The summed E-state index contributed by atoms with van der Waals surface area (Å²) in [6, 6.07) is 39.2. The van der Waals surface area contributed by atoms with E-state index in [0.29, 0.717) is 27.8 Å². The van der Waals surface area contributed by atoms with Crippen molar-refractivity contribution in [2.75, 3.05) is 4.72 Å². The molecule has 0 aliphatic rings. The van der Waals surface area contributed by atoms with E-state index < -0.39 is 22.8 Å². The highest BCUT2D eigenvalue weighted by Crippen LogP contribution is 2.60. The Labute approximate surface area is 262 Å². The van der Waals surface area contributed by atoms with Crippen LogP contribution in [-0.2, 0) is 32.6 Å². The molecule has 0 aliphatic carbocycles. The number of rotatable bonds is 10. The van der Waals surface area contributed by atoms with Crippen LogP contribution in [0.4, 0.5) is 5.69 Å². The molecule has 0 spiro atoms. The van der Waals surface area contributed by atoms with E-state index in [-0.39, 0.29) is 23.5 Å². The van der Waals surface area contributed by atoms with Gasteiger partial charge in [0.05, 0.1) is 0 Å². The lowest BCUT2D eigenvalue weighted by molar-refractivity contribution is 0.320. The Morgan fingerprint density at radius 1 is 0.711 bits per heavy atom. The lowest BCUT2D eigenvalue weighted by Gasteiger charge is -2.35. The molecule has 0 amide bonds. The first-order chi connectivity index (χ1) is 21.6. The Morgan fingerprint density at radius 2 is 1.24 bits per heavy atom. The van der Waals surface area contributed by atoms with Crippen LogP contribution in [0.2, 0.25) is 0 Å². The smallest absolute Gasteiger partial charge is 0.336 e. The van der Waals surface area contributed by atoms with Gasteiger partial charge < -0.3 is 14.2 Å². The largest absolute Gasteiger partial charge is 0.455 e. The highest BCUT2D eigenvalue weighted by atomic mass is 32.2. The van der Waals surface area contributed by atoms with Crippen molar-refractivity contribution in [2.45, 2.75) is 29.8 Å². The van der Waals surface area contributed by atoms with E-state index in [2.05, 4.69) is 4.72 Å². The minimum atomic E-state index is -4.78. The third-order valence-corrected chi connectivity index (χ3v) is 11.2. The summed E-state index contributed by atoms with van der Waals surface area (Å²) in [6.45, 7) is 1.92. The standard InChI is InChI=1S/C36H32NO6PS/c1-26-16-22-31(23-17-26)37-45(41,42)35-32-14-8-9-15-33(32)43-34(35)29-18-20-30(21-19-29)36(44(38,39)40,24-27-10-4-2-5-11-27)25-28-12-6-3-7-13-28/h2-23,37H,24-25H2,1H3,(H2,38,39,40). The summed E-state index contributed by atoms with van der Waals surface area (Å²) in [5.74, 6) is 0.135. The van der Waals surface area contributed by atoms with Crippen LogP contribution in [0.3, 0.4) is 0 Å². The van der Waals surface area contributed by atoms with E-state index in [4.69, 9.17) is 4.42 Å². The normalized spacial score (nSPS) is 12.3. The molecule has 0 unspecified atom stereocenters. The highest BCUT2D eigenvalue weighted by molar-refractivity contribution is 7.93. The van der Waals surface area contributed by atoms with Gasteiger partial charge in [-0.15, -0.1) is 0 Å². The number of sulfonamides is 1. The average molecular weight is 638 g/mol. The first kappa shape index (κ1) is 30.6. The highest BCUT2D eigenvalue weighted by Gasteiger charge is 2.48. The van der Waals surface area contributed by atoms with Crippen LogP contribution in [0.25, 0.3) is 22.3 Å². The molecule has 0 radical (unpaired) electrons. The Morgan fingerprint density at radius 3 is 1.80 bits per heavy atom. The fourth-order valence-corrected chi connectivity index (χ4v) is 8.42. The topological polar surface area (TPSA) is 117 Å². The zero-order valence-electron chi connectivity index (χ0n) is 24.5. The molecular weight excluding hydrogens is 605 g/mol. The van der Waals surface area contributed by atoms with Crippen LogP contribution < -0.4 is 4.72 Å². The van der Waals surface area contributed by atoms with Gasteiger partial charge in [0.2, 0.25) is 0 Å². The first-order valence-corrected chi connectivity index (χ1v) is 17.5. The fraction of sp³-hybridized carbons (Fsp3) is 0.111. The Bertz CT molecular complexity index is 2050. The van der Waals surface area contributed by atoms with Crippen molar-refractivity contribution in [1.29, 1.82) is 0 Å². The number of aryl methyl sites for hydroxylation is 1. The van der Waals surface area contributed by atoms with E-state index in [9.17, 15) is 22.8 Å². The minimum absolute atomic E-state index is 0.0127.